The number of hydrogen-bond donors (Lipinski definition) is 0. The van der Waals surface area contributed by atoms with Gasteiger partial charge in [-0.15, -0.1) is 0 Å². The first-order chi connectivity index (χ1) is 0. The number of rotatable bonds is 0. The molecule has 0 heterocycles. The Kier molecular flexibility index (Phi) is 1840. The van der Waals surface area contributed by atoms with Crippen LogP contribution in [0.25, 0.3) is 0 Å². The second-order valence-electron chi connectivity index (χ2n) is 0. The Morgan fingerprint density at radius 3 is 0.500 bits per heavy atom. The molecule has 0 bridgehead atoms. The van der Waals surface area contributed by atoms with E-state index in [2.05, 4.69) is 0 Å². The van der Waals surface area contributed by atoms with Gasteiger partial charge < -0.3 is 18.8 Å². The van der Waals surface area contributed by atoms with Gasteiger partial charge in [-0.3, -0.25) is 0 Å². The summed E-state index contributed by atoms with van der Waals surface area (Å²) in [6, 6.07) is 0. The van der Waals surface area contributed by atoms with E-state index in [0.717, 1.165) is 0 Å². The number of halogens is 4. The fourth-order valence-electron chi connectivity index (χ4n) is 0. The topological polar surface area (TPSA) is 0 Å². The van der Waals surface area contributed by atoms with Crippen molar-refractivity contribution in [1.29, 1.82) is 0 Å². The van der Waals surface area contributed by atoms with Crippen molar-refractivity contribution in [2.45, 2.75) is 0 Å². The molecule has 0 saturated carbocycles. The van der Waals surface area contributed by atoms with Gasteiger partial charge in [-0.1, -0.05) is 0 Å². The molecule has 0 nitrogen and oxygen atoms in total. The largest absolute Gasteiger partial charge is 0 e. The van der Waals surface area contributed by atoms with Crippen LogP contribution in [0.15, 0.2) is 0 Å². The Morgan fingerprint density at radius 1 is 0.500 bits per heavy atom. The molecule has 0 rings (SSSR count). The van der Waals surface area contributed by atoms with Crippen LogP contribution in [0, 0.1) is 0 Å². The van der Waals surface area contributed by atoms with Crippen LogP contribution in [0.3, 0.4) is 0 Å². The molecule has 0 aromatic rings. The smallest absolute Gasteiger partial charge is 0 e. The SMILES string of the molecule is [F-].[F-].[F-].[F-].[PbH2].[Pb]. The van der Waals surface area contributed by atoms with Crippen molar-refractivity contribution in [2.75, 3.05) is 0 Å². The fraction of sp³-hybridized carbons (Fsp3) is 0. The van der Waals surface area contributed by atoms with Crippen LogP contribution >= 0.6 is 0 Å². The molecule has 42 valence electrons. The normalized spacial score (nSPS) is 0. The maximum atomic E-state index is 0. The first-order valence-corrected chi connectivity index (χ1v) is 0. The van der Waals surface area contributed by atoms with Crippen molar-refractivity contribution < 1.29 is 18.8 Å². The summed E-state index contributed by atoms with van der Waals surface area (Å²) in [4.78, 5) is 0. The van der Waals surface area contributed by atoms with Crippen molar-refractivity contribution in [2.24, 2.45) is 0 Å². The van der Waals surface area contributed by atoms with Crippen molar-refractivity contribution in [3.05, 3.63) is 0 Å². The van der Waals surface area contributed by atoms with Crippen LogP contribution in [0.4, 0.5) is 0 Å². The minimum Gasteiger partial charge on any atom is 0 e. The molecule has 0 aromatic carbocycles. The maximum absolute atomic E-state index is 0. The van der Waals surface area contributed by atoms with E-state index in [9.17, 15) is 0 Å². The van der Waals surface area contributed by atoms with E-state index >= 15 is 0 Å². The third-order valence-corrected chi connectivity index (χ3v) is 0. The van der Waals surface area contributed by atoms with Gasteiger partial charge in [-0.05, 0) is 0 Å². The van der Waals surface area contributed by atoms with E-state index in [4.69, 9.17) is 0 Å². The molecule has 0 saturated heterocycles. The van der Waals surface area contributed by atoms with Crippen LogP contribution < -0.4 is 18.8 Å². The molecule has 0 fully saturated rings. The molecular formula is H2F4Pb2-4. The predicted molar refractivity (Wildman–Crippen MR) is 14.3 cm³/mol. The zero-order valence-corrected chi connectivity index (χ0v) is 12.1. The Labute approximate surface area is 72.8 Å². The summed E-state index contributed by atoms with van der Waals surface area (Å²) >= 11 is 0. The summed E-state index contributed by atoms with van der Waals surface area (Å²) in [5, 5.41) is 0. The Hall–Kier alpha value is 1.56. The summed E-state index contributed by atoms with van der Waals surface area (Å²) < 4.78 is 0. The van der Waals surface area contributed by atoms with Gasteiger partial charge in [0.05, 0.1) is 0 Å². The van der Waals surface area contributed by atoms with Crippen molar-refractivity contribution >= 4 is 54.6 Å². The van der Waals surface area contributed by atoms with E-state index in [1.54, 1.807) is 0 Å². The van der Waals surface area contributed by atoms with Gasteiger partial charge in [0.15, 0.2) is 0 Å². The quantitative estimate of drug-likeness (QED) is 0.233. The molecule has 0 aliphatic carbocycles. The average Bonchev–Trinajstić information content (AvgIpc) is 0. The van der Waals surface area contributed by atoms with E-state index in [1.165, 1.54) is 0 Å². The molecule has 0 aliphatic rings. The summed E-state index contributed by atoms with van der Waals surface area (Å²) in [6.07, 6.45) is 0. The number of hydrogen-bond acceptors (Lipinski definition) is 0. The second kappa shape index (κ2) is 83.1. The zero-order valence-electron chi connectivity index (χ0n) is 2.72. The molecule has 0 amide bonds. The third kappa shape index (κ3) is 47.4. The molecule has 0 spiro atoms. The Morgan fingerprint density at radius 2 is 0.500 bits per heavy atom. The third-order valence-electron chi connectivity index (χ3n) is 0. The van der Waals surface area contributed by atoms with Crippen LogP contribution in [0.2, 0.25) is 0 Å². The molecule has 0 atom stereocenters. The van der Waals surface area contributed by atoms with Crippen molar-refractivity contribution in [3.63, 3.8) is 0 Å². The molecule has 0 aromatic heterocycles. The summed E-state index contributed by atoms with van der Waals surface area (Å²) in [6.45, 7) is 0. The van der Waals surface area contributed by atoms with E-state index in [-0.39, 0.29) is 73.4 Å². The summed E-state index contributed by atoms with van der Waals surface area (Å²) in [7, 11) is 0. The van der Waals surface area contributed by atoms with Gasteiger partial charge in [0.1, 0.15) is 0 Å². The van der Waals surface area contributed by atoms with Gasteiger partial charge >= 0.3 is 27.3 Å². The molecule has 6 radical (unpaired) electrons. The maximum Gasteiger partial charge on any atom is 0 e. The van der Waals surface area contributed by atoms with Gasteiger partial charge in [0.2, 0.25) is 0 Å². The van der Waals surface area contributed by atoms with E-state index in [0.29, 0.717) is 0 Å². The molecule has 6 heteroatoms. The summed E-state index contributed by atoms with van der Waals surface area (Å²) in [5.74, 6) is 0. The van der Waals surface area contributed by atoms with Crippen LogP contribution in [-0.2, 0) is 0 Å². The molecule has 6 heavy (non-hydrogen) atoms. The van der Waals surface area contributed by atoms with Crippen molar-refractivity contribution in [1.82, 2.24) is 0 Å². The summed E-state index contributed by atoms with van der Waals surface area (Å²) in [5.41, 5.74) is 0. The first kappa shape index (κ1) is 133. The van der Waals surface area contributed by atoms with Crippen LogP contribution in [-0.4, -0.2) is 54.6 Å². The monoisotopic (exact) mass is 494 g/mol. The van der Waals surface area contributed by atoms with Gasteiger partial charge in [-0.2, -0.15) is 0 Å². The average molecular weight is 492 g/mol. The van der Waals surface area contributed by atoms with Gasteiger partial charge in [0.25, 0.3) is 0 Å². The van der Waals surface area contributed by atoms with E-state index in [1.807, 2.05) is 0 Å². The first-order valence-electron chi connectivity index (χ1n) is 0. The zero-order chi connectivity index (χ0) is 0. The minimum absolute atomic E-state index is 0. The fourth-order valence-corrected chi connectivity index (χ4v) is 0. The molecule has 0 N–H and O–H groups in total. The molecular weight excluding hydrogens is 490 g/mol. The van der Waals surface area contributed by atoms with Gasteiger partial charge in [0, 0.05) is 27.3 Å². The Balaban J connectivity index is 0. The standard InChI is InChI=1S/4FH.2Pb.2H/h4*1H;;;;/p-4. The van der Waals surface area contributed by atoms with Crippen LogP contribution in [0.5, 0.6) is 0 Å². The van der Waals surface area contributed by atoms with Crippen LogP contribution in [0.1, 0.15) is 0 Å². The Bertz CT molecular complexity index is 5.51. The second-order valence-corrected chi connectivity index (χ2v) is 0. The molecule has 0 aliphatic heterocycles. The van der Waals surface area contributed by atoms with Gasteiger partial charge in [-0.25, -0.2) is 0 Å². The molecule has 0 unspecified atom stereocenters. The van der Waals surface area contributed by atoms with E-state index < -0.39 is 0 Å². The van der Waals surface area contributed by atoms with Crippen molar-refractivity contribution in [3.8, 4) is 0 Å². The predicted octanol–water partition coefficient (Wildman–Crippen LogP) is -13.3. The minimum atomic E-state index is 0.